The highest BCUT2D eigenvalue weighted by atomic mass is 16.5. The van der Waals surface area contributed by atoms with E-state index in [0.29, 0.717) is 30.1 Å². The molecule has 3 amide bonds. The normalized spacial score (nSPS) is 19.7. The summed E-state index contributed by atoms with van der Waals surface area (Å²) in [6.07, 6.45) is 0.0396. The smallest absolute Gasteiger partial charge is 0.323 e. The van der Waals surface area contributed by atoms with E-state index in [-0.39, 0.29) is 24.1 Å². The fourth-order valence-corrected chi connectivity index (χ4v) is 2.86. The number of morpholine rings is 1. The first-order valence-corrected chi connectivity index (χ1v) is 8.68. The molecule has 1 saturated heterocycles. The van der Waals surface area contributed by atoms with Gasteiger partial charge in [-0.1, -0.05) is 18.2 Å². The zero-order valence-electron chi connectivity index (χ0n) is 14.9. The number of hydrogen-bond acceptors (Lipinski definition) is 3. The first kappa shape index (κ1) is 17.9. The summed E-state index contributed by atoms with van der Waals surface area (Å²) in [7, 11) is 0. The molecule has 3 rings (SSSR count). The van der Waals surface area contributed by atoms with Gasteiger partial charge in [0, 0.05) is 23.5 Å². The number of hydrogen-bond donors (Lipinski definition) is 2. The number of benzene rings is 2. The van der Waals surface area contributed by atoms with Crippen LogP contribution in [0.25, 0.3) is 0 Å². The number of carbonyl (C=O) groups is 2. The van der Waals surface area contributed by atoms with Crippen molar-refractivity contribution in [2.75, 3.05) is 23.8 Å². The van der Waals surface area contributed by atoms with Crippen LogP contribution < -0.4 is 10.6 Å². The van der Waals surface area contributed by atoms with Crippen LogP contribution in [0.2, 0.25) is 0 Å². The van der Waals surface area contributed by atoms with Gasteiger partial charge < -0.3 is 20.3 Å². The van der Waals surface area contributed by atoms with Gasteiger partial charge in [0.2, 0.25) is 0 Å². The van der Waals surface area contributed by atoms with Crippen molar-refractivity contribution in [1.29, 1.82) is 0 Å². The van der Waals surface area contributed by atoms with Crippen molar-refractivity contribution in [1.82, 2.24) is 4.90 Å². The molecule has 6 nitrogen and oxygen atoms in total. The zero-order chi connectivity index (χ0) is 18.5. The standard InChI is InChI=1S/C20H23N3O3/c1-14-13-26-15(2)12-23(14)19(24)16-8-10-18(11-9-16)22-20(25)21-17-6-4-3-5-7-17/h3-11,14-15H,12-13H2,1-2H3,(H2,21,22,25). The molecular formula is C20H23N3O3. The highest BCUT2D eigenvalue weighted by molar-refractivity contribution is 6.00. The first-order valence-electron chi connectivity index (χ1n) is 8.68. The molecule has 136 valence electrons. The highest BCUT2D eigenvalue weighted by Gasteiger charge is 2.28. The number of anilines is 2. The number of nitrogens with zero attached hydrogens (tertiary/aromatic N) is 1. The number of nitrogens with one attached hydrogen (secondary N) is 2. The third-order valence-electron chi connectivity index (χ3n) is 4.29. The SMILES string of the molecule is CC1CN(C(=O)c2ccc(NC(=O)Nc3ccccc3)cc2)C(C)CO1. The molecule has 0 bridgehead atoms. The van der Waals surface area contributed by atoms with Crippen LogP contribution in [0.4, 0.5) is 16.2 Å². The zero-order valence-corrected chi connectivity index (χ0v) is 14.9. The van der Waals surface area contributed by atoms with E-state index in [1.54, 1.807) is 24.3 Å². The van der Waals surface area contributed by atoms with Crippen molar-refractivity contribution in [2.45, 2.75) is 26.0 Å². The van der Waals surface area contributed by atoms with Gasteiger partial charge in [-0.15, -0.1) is 0 Å². The second-order valence-electron chi connectivity index (χ2n) is 6.47. The van der Waals surface area contributed by atoms with Gasteiger partial charge in [-0.3, -0.25) is 4.79 Å². The largest absolute Gasteiger partial charge is 0.375 e. The molecule has 6 heteroatoms. The lowest BCUT2D eigenvalue weighted by Crippen LogP contribution is -2.50. The van der Waals surface area contributed by atoms with Gasteiger partial charge >= 0.3 is 6.03 Å². The van der Waals surface area contributed by atoms with E-state index in [4.69, 9.17) is 4.74 Å². The van der Waals surface area contributed by atoms with Crippen LogP contribution in [0, 0.1) is 0 Å². The maximum absolute atomic E-state index is 12.7. The molecule has 1 heterocycles. The minimum atomic E-state index is -0.328. The minimum absolute atomic E-state index is 0.0204. The van der Waals surface area contributed by atoms with Crippen LogP contribution in [-0.4, -0.2) is 42.1 Å². The van der Waals surface area contributed by atoms with Gasteiger partial charge in [-0.25, -0.2) is 4.79 Å². The average molecular weight is 353 g/mol. The summed E-state index contributed by atoms with van der Waals surface area (Å²) in [6.45, 7) is 5.07. The quantitative estimate of drug-likeness (QED) is 0.886. The van der Waals surface area contributed by atoms with Crippen molar-refractivity contribution >= 4 is 23.3 Å². The van der Waals surface area contributed by atoms with E-state index >= 15 is 0 Å². The van der Waals surface area contributed by atoms with E-state index in [9.17, 15) is 9.59 Å². The van der Waals surface area contributed by atoms with Crippen LogP contribution in [0.3, 0.4) is 0 Å². The van der Waals surface area contributed by atoms with Gasteiger partial charge in [0.25, 0.3) is 5.91 Å². The molecule has 1 aliphatic heterocycles. The second-order valence-corrected chi connectivity index (χ2v) is 6.47. The van der Waals surface area contributed by atoms with Gasteiger partial charge in [-0.2, -0.15) is 0 Å². The van der Waals surface area contributed by atoms with Crippen LogP contribution in [0.5, 0.6) is 0 Å². The first-order chi connectivity index (χ1) is 12.5. The highest BCUT2D eigenvalue weighted by Crippen LogP contribution is 2.17. The van der Waals surface area contributed by atoms with Gasteiger partial charge in [0.05, 0.1) is 18.8 Å². The lowest BCUT2D eigenvalue weighted by molar-refractivity contribution is -0.0387. The van der Waals surface area contributed by atoms with Gasteiger partial charge in [0.15, 0.2) is 0 Å². The predicted molar refractivity (Wildman–Crippen MR) is 101 cm³/mol. The Morgan fingerprint density at radius 1 is 0.962 bits per heavy atom. The van der Waals surface area contributed by atoms with Crippen LogP contribution in [0.1, 0.15) is 24.2 Å². The average Bonchev–Trinajstić information content (AvgIpc) is 2.64. The Hall–Kier alpha value is -2.86. The summed E-state index contributed by atoms with van der Waals surface area (Å²) in [5.41, 5.74) is 1.94. The maximum Gasteiger partial charge on any atom is 0.323 e. The fourth-order valence-electron chi connectivity index (χ4n) is 2.86. The second kappa shape index (κ2) is 8.01. The number of para-hydroxylation sites is 1. The fraction of sp³-hybridized carbons (Fsp3) is 0.300. The number of carbonyl (C=O) groups excluding carboxylic acids is 2. The predicted octanol–water partition coefficient (Wildman–Crippen LogP) is 3.58. The molecule has 2 aromatic carbocycles. The molecule has 2 unspecified atom stereocenters. The molecule has 2 aromatic rings. The van der Waals surface area contributed by atoms with Crippen molar-refractivity contribution in [3.63, 3.8) is 0 Å². The summed E-state index contributed by atoms with van der Waals surface area (Å²) in [5, 5.41) is 5.51. The Balaban J connectivity index is 1.61. The van der Waals surface area contributed by atoms with E-state index in [2.05, 4.69) is 10.6 Å². The third kappa shape index (κ3) is 4.40. The Bertz CT molecular complexity index is 762. The van der Waals surface area contributed by atoms with Gasteiger partial charge in [0.1, 0.15) is 0 Å². The molecule has 0 aliphatic carbocycles. The molecule has 2 atom stereocenters. The van der Waals surface area contributed by atoms with Crippen molar-refractivity contribution in [2.24, 2.45) is 0 Å². The van der Waals surface area contributed by atoms with E-state index in [0.717, 1.165) is 0 Å². The van der Waals surface area contributed by atoms with E-state index in [1.165, 1.54) is 0 Å². The van der Waals surface area contributed by atoms with Crippen LogP contribution in [-0.2, 0) is 4.74 Å². The molecular weight excluding hydrogens is 330 g/mol. The van der Waals surface area contributed by atoms with E-state index < -0.39 is 0 Å². The lowest BCUT2D eigenvalue weighted by atomic mass is 10.1. The lowest BCUT2D eigenvalue weighted by Gasteiger charge is -2.36. The Morgan fingerprint density at radius 3 is 2.23 bits per heavy atom. The van der Waals surface area contributed by atoms with Gasteiger partial charge in [-0.05, 0) is 50.2 Å². The molecule has 0 radical (unpaired) electrons. The summed E-state index contributed by atoms with van der Waals surface area (Å²) in [5.74, 6) is -0.0204. The number of amides is 3. The Kier molecular flexibility index (Phi) is 5.53. The van der Waals surface area contributed by atoms with Crippen LogP contribution >= 0.6 is 0 Å². The van der Waals surface area contributed by atoms with Crippen LogP contribution in [0.15, 0.2) is 54.6 Å². The maximum atomic E-state index is 12.7. The summed E-state index contributed by atoms with van der Waals surface area (Å²) >= 11 is 0. The summed E-state index contributed by atoms with van der Waals surface area (Å²) in [4.78, 5) is 26.5. The monoisotopic (exact) mass is 353 g/mol. The number of ether oxygens (including phenoxy) is 1. The molecule has 2 N–H and O–H groups in total. The van der Waals surface area contributed by atoms with Crippen molar-refractivity contribution in [3.05, 3.63) is 60.2 Å². The summed E-state index contributed by atoms with van der Waals surface area (Å²) < 4.78 is 5.57. The minimum Gasteiger partial charge on any atom is -0.375 e. The molecule has 0 spiro atoms. The molecule has 1 aliphatic rings. The molecule has 0 saturated carbocycles. The molecule has 26 heavy (non-hydrogen) atoms. The molecule has 1 fully saturated rings. The topological polar surface area (TPSA) is 70.7 Å². The van der Waals surface area contributed by atoms with Crippen molar-refractivity contribution < 1.29 is 14.3 Å². The third-order valence-corrected chi connectivity index (χ3v) is 4.29. The number of rotatable bonds is 3. The van der Waals surface area contributed by atoms with Crippen molar-refractivity contribution in [3.8, 4) is 0 Å². The molecule has 0 aromatic heterocycles. The number of urea groups is 1. The Labute approximate surface area is 153 Å². The van der Waals surface area contributed by atoms with E-state index in [1.807, 2.05) is 49.1 Å². The Morgan fingerprint density at radius 2 is 1.58 bits per heavy atom. The summed E-state index contributed by atoms with van der Waals surface area (Å²) in [6, 6.07) is 15.8.